The van der Waals surface area contributed by atoms with Crippen molar-refractivity contribution in [2.24, 2.45) is 5.92 Å². The van der Waals surface area contributed by atoms with E-state index in [1.54, 1.807) is 0 Å². The van der Waals surface area contributed by atoms with Crippen molar-refractivity contribution in [3.05, 3.63) is 23.5 Å². The Labute approximate surface area is 122 Å². The van der Waals surface area contributed by atoms with Gasteiger partial charge in [-0.05, 0) is 25.8 Å². The van der Waals surface area contributed by atoms with Crippen LogP contribution in [0.4, 0.5) is 0 Å². The van der Waals surface area contributed by atoms with Crippen molar-refractivity contribution in [2.45, 2.75) is 40.7 Å². The summed E-state index contributed by atoms with van der Waals surface area (Å²) in [5.74, 6) is 1.55. The minimum Gasteiger partial charge on any atom is -0.491 e. The smallest absolute Gasteiger partial charge is 0.127 e. The SMILES string of the molecule is CCCOCCOc1cc(C)ncc1CNCC(C)C. The molecular weight excluding hydrogens is 252 g/mol. The quantitative estimate of drug-likeness (QED) is 0.669. The van der Waals surface area contributed by atoms with Crippen LogP contribution in [0.2, 0.25) is 0 Å². The molecule has 0 aliphatic rings. The topological polar surface area (TPSA) is 43.4 Å². The van der Waals surface area contributed by atoms with E-state index in [2.05, 4.69) is 31.1 Å². The van der Waals surface area contributed by atoms with Crippen LogP contribution in [0.5, 0.6) is 5.75 Å². The maximum absolute atomic E-state index is 5.82. The summed E-state index contributed by atoms with van der Waals surface area (Å²) >= 11 is 0. The molecule has 0 unspecified atom stereocenters. The van der Waals surface area contributed by atoms with E-state index in [-0.39, 0.29) is 0 Å². The summed E-state index contributed by atoms with van der Waals surface area (Å²) in [6, 6.07) is 1.99. The zero-order chi connectivity index (χ0) is 14.8. The van der Waals surface area contributed by atoms with Crippen molar-refractivity contribution in [1.29, 1.82) is 0 Å². The van der Waals surface area contributed by atoms with E-state index in [4.69, 9.17) is 9.47 Å². The summed E-state index contributed by atoms with van der Waals surface area (Å²) in [6.45, 7) is 12.3. The third kappa shape index (κ3) is 6.87. The number of nitrogens with one attached hydrogen (secondary N) is 1. The second kappa shape index (κ2) is 9.72. The molecule has 4 nitrogen and oxygen atoms in total. The van der Waals surface area contributed by atoms with Gasteiger partial charge in [-0.25, -0.2) is 0 Å². The number of aryl methyl sites for hydroxylation is 1. The molecule has 1 rings (SSSR count). The highest BCUT2D eigenvalue weighted by molar-refractivity contribution is 5.32. The van der Waals surface area contributed by atoms with E-state index >= 15 is 0 Å². The molecule has 0 aliphatic carbocycles. The highest BCUT2D eigenvalue weighted by Gasteiger charge is 2.05. The molecule has 20 heavy (non-hydrogen) atoms. The monoisotopic (exact) mass is 280 g/mol. The molecule has 0 aliphatic heterocycles. The first-order chi connectivity index (χ1) is 9.63. The molecule has 1 aromatic heterocycles. The van der Waals surface area contributed by atoms with Crippen LogP contribution in [-0.4, -0.2) is 31.3 Å². The Balaban J connectivity index is 2.47. The van der Waals surface area contributed by atoms with Gasteiger partial charge in [0, 0.05) is 36.7 Å². The average molecular weight is 280 g/mol. The largest absolute Gasteiger partial charge is 0.491 e. The molecule has 0 aromatic carbocycles. The van der Waals surface area contributed by atoms with E-state index in [1.165, 1.54) is 0 Å². The van der Waals surface area contributed by atoms with Gasteiger partial charge in [-0.3, -0.25) is 4.98 Å². The van der Waals surface area contributed by atoms with Crippen LogP contribution in [0, 0.1) is 12.8 Å². The summed E-state index contributed by atoms with van der Waals surface area (Å²) in [7, 11) is 0. The van der Waals surface area contributed by atoms with E-state index in [1.807, 2.05) is 19.2 Å². The minimum atomic E-state index is 0.584. The average Bonchev–Trinajstić information content (AvgIpc) is 2.40. The molecule has 0 bridgehead atoms. The lowest BCUT2D eigenvalue weighted by atomic mass is 10.2. The van der Waals surface area contributed by atoms with Crippen LogP contribution in [0.1, 0.15) is 38.4 Å². The van der Waals surface area contributed by atoms with E-state index in [0.29, 0.717) is 19.1 Å². The second-order valence-corrected chi connectivity index (χ2v) is 5.42. The van der Waals surface area contributed by atoms with Crippen LogP contribution >= 0.6 is 0 Å². The third-order valence-electron chi connectivity index (χ3n) is 2.78. The second-order valence-electron chi connectivity index (χ2n) is 5.42. The first kappa shape index (κ1) is 16.9. The molecule has 4 heteroatoms. The minimum absolute atomic E-state index is 0.584. The van der Waals surface area contributed by atoms with Crippen LogP contribution in [-0.2, 0) is 11.3 Å². The number of nitrogens with zero attached hydrogens (tertiary/aromatic N) is 1. The number of rotatable bonds is 10. The normalized spacial score (nSPS) is 11.1. The summed E-state index contributed by atoms with van der Waals surface area (Å²) < 4.78 is 11.2. The van der Waals surface area contributed by atoms with Crippen LogP contribution in [0.25, 0.3) is 0 Å². The standard InChI is InChI=1S/C16H28N2O2/c1-5-6-19-7-8-20-16-9-14(4)18-12-15(16)11-17-10-13(2)3/h9,12-13,17H,5-8,10-11H2,1-4H3. The number of pyridine rings is 1. The Morgan fingerprint density at radius 3 is 2.75 bits per heavy atom. The van der Waals surface area contributed by atoms with Crippen molar-refractivity contribution in [3.8, 4) is 5.75 Å². The Morgan fingerprint density at radius 1 is 1.25 bits per heavy atom. The Kier molecular flexibility index (Phi) is 8.23. The molecule has 0 saturated carbocycles. The van der Waals surface area contributed by atoms with Gasteiger partial charge in [0.2, 0.25) is 0 Å². The van der Waals surface area contributed by atoms with Gasteiger partial charge in [0.15, 0.2) is 0 Å². The molecule has 0 atom stereocenters. The number of ether oxygens (including phenoxy) is 2. The van der Waals surface area contributed by atoms with Crippen LogP contribution in [0.3, 0.4) is 0 Å². The fraction of sp³-hybridized carbons (Fsp3) is 0.688. The van der Waals surface area contributed by atoms with E-state index in [0.717, 1.165) is 43.1 Å². The molecule has 0 spiro atoms. The highest BCUT2D eigenvalue weighted by Crippen LogP contribution is 2.18. The number of aromatic nitrogens is 1. The van der Waals surface area contributed by atoms with E-state index in [9.17, 15) is 0 Å². The Bertz CT molecular complexity index is 381. The molecule has 0 radical (unpaired) electrons. The highest BCUT2D eigenvalue weighted by atomic mass is 16.5. The zero-order valence-corrected chi connectivity index (χ0v) is 13.2. The fourth-order valence-electron chi connectivity index (χ4n) is 1.78. The van der Waals surface area contributed by atoms with Gasteiger partial charge in [0.25, 0.3) is 0 Å². The van der Waals surface area contributed by atoms with Gasteiger partial charge >= 0.3 is 0 Å². The van der Waals surface area contributed by atoms with Gasteiger partial charge in [-0.1, -0.05) is 20.8 Å². The van der Waals surface area contributed by atoms with Crippen molar-refractivity contribution < 1.29 is 9.47 Å². The van der Waals surface area contributed by atoms with Gasteiger partial charge in [-0.2, -0.15) is 0 Å². The molecule has 0 fully saturated rings. The predicted molar refractivity (Wildman–Crippen MR) is 82.1 cm³/mol. The predicted octanol–water partition coefficient (Wildman–Crippen LogP) is 2.94. The zero-order valence-electron chi connectivity index (χ0n) is 13.2. The molecule has 1 N–H and O–H groups in total. The van der Waals surface area contributed by atoms with Gasteiger partial charge in [0.1, 0.15) is 12.4 Å². The van der Waals surface area contributed by atoms with Crippen LogP contribution < -0.4 is 10.1 Å². The maximum Gasteiger partial charge on any atom is 0.127 e. The van der Waals surface area contributed by atoms with Gasteiger partial charge < -0.3 is 14.8 Å². The van der Waals surface area contributed by atoms with Gasteiger partial charge in [0.05, 0.1) is 6.61 Å². The molecule has 0 amide bonds. The number of hydrogen-bond acceptors (Lipinski definition) is 4. The molecule has 1 aromatic rings. The molecule has 1 heterocycles. The molecule has 0 saturated heterocycles. The third-order valence-corrected chi connectivity index (χ3v) is 2.78. The van der Waals surface area contributed by atoms with Gasteiger partial charge in [-0.15, -0.1) is 0 Å². The Hall–Kier alpha value is -1.13. The number of hydrogen-bond donors (Lipinski definition) is 1. The summed E-state index contributed by atoms with van der Waals surface area (Å²) in [4.78, 5) is 4.34. The molecule has 114 valence electrons. The van der Waals surface area contributed by atoms with Crippen molar-refractivity contribution in [3.63, 3.8) is 0 Å². The fourth-order valence-corrected chi connectivity index (χ4v) is 1.78. The van der Waals surface area contributed by atoms with E-state index < -0.39 is 0 Å². The first-order valence-electron chi connectivity index (χ1n) is 7.50. The first-order valence-corrected chi connectivity index (χ1v) is 7.50. The molecular formula is C16H28N2O2. The van der Waals surface area contributed by atoms with Crippen molar-refractivity contribution in [2.75, 3.05) is 26.4 Å². The lowest BCUT2D eigenvalue weighted by molar-refractivity contribution is 0.100. The van der Waals surface area contributed by atoms with Crippen LogP contribution in [0.15, 0.2) is 12.3 Å². The Morgan fingerprint density at radius 2 is 2.05 bits per heavy atom. The maximum atomic E-state index is 5.82. The lowest BCUT2D eigenvalue weighted by Gasteiger charge is -2.13. The van der Waals surface area contributed by atoms with Crippen molar-refractivity contribution >= 4 is 0 Å². The lowest BCUT2D eigenvalue weighted by Crippen LogP contribution is -2.20. The van der Waals surface area contributed by atoms with Crippen molar-refractivity contribution in [1.82, 2.24) is 10.3 Å². The summed E-state index contributed by atoms with van der Waals surface area (Å²) in [5.41, 5.74) is 2.08. The summed E-state index contributed by atoms with van der Waals surface area (Å²) in [5, 5.41) is 3.42. The summed E-state index contributed by atoms with van der Waals surface area (Å²) in [6.07, 6.45) is 2.93.